The van der Waals surface area contributed by atoms with Crippen molar-refractivity contribution in [1.82, 2.24) is 0 Å². The molecule has 0 aliphatic carbocycles. The largest absolute Gasteiger partial charge is 0.311 e. The smallest absolute Gasteiger partial charge is 0.228 e. The molecule has 1 aliphatic rings. The summed E-state index contributed by atoms with van der Waals surface area (Å²) >= 11 is 3.52. The van der Waals surface area contributed by atoms with Gasteiger partial charge in [-0.25, -0.2) is 0 Å². The van der Waals surface area contributed by atoms with E-state index in [-0.39, 0.29) is 5.91 Å². The minimum Gasteiger partial charge on any atom is -0.311 e. The molecule has 0 bridgehead atoms. The zero-order chi connectivity index (χ0) is 11.7. The van der Waals surface area contributed by atoms with Gasteiger partial charge in [0.25, 0.3) is 0 Å². The van der Waals surface area contributed by atoms with Gasteiger partial charge in [0.15, 0.2) is 0 Å². The van der Waals surface area contributed by atoms with E-state index in [0.717, 1.165) is 18.7 Å². The Hall–Kier alpha value is -0.830. The normalized spacial score (nSPS) is 20.6. The second-order valence-electron chi connectivity index (χ2n) is 4.24. The van der Waals surface area contributed by atoms with E-state index >= 15 is 0 Å². The van der Waals surface area contributed by atoms with Gasteiger partial charge in [-0.1, -0.05) is 41.1 Å². The van der Waals surface area contributed by atoms with Crippen LogP contribution in [0, 0.1) is 6.92 Å². The van der Waals surface area contributed by atoms with Crippen LogP contribution in [0.15, 0.2) is 18.2 Å². The Balaban J connectivity index is 2.43. The molecule has 2 nitrogen and oxygen atoms in total. The molecule has 1 aliphatic heterocycles. The molecule has 1 atom stereocenters. The average molecular weight is 282 g/mol. The van der Waals surface area contributed by atoms with Crippen molar-refractivity contribution in [3.05, 3.63) is 29.3 Å². The van der Waals surface area contributed by atoms with Gasteiger partial charge >= 0.3 is 0 Å². The van der Waals surface area contributed by atoms with Gasteiger partial charge in [0, 0.05) is 23.5 Å². The van der Waals surface area contributed by atoms with Crippen LogP contribution in [0.1, 0.15) is 24.5 Å². The molecule has 0 saturated carbocycles. The molecule has 0 N–H and O–H groups in total. The monoisotopic (exact) mass is 281 g/mol. The molecule has 1 saturated heterocycles. The number of alkyl halides is 1. The van der Waals surface area contributed by atoms with Crippen molar-refractivity contribution in [3.63, 3.8) is 0 Å². The highest BCUT2D eigenvalue weighted by molar-refractivity contribution is 9.09. The maximum Gasteiger partial charge on any atom is 0.228 e. The van der Waals surface area contributed by atoms with E-state index in [0.29, 0.717) is 11.2 Å². The number of halogens is 1. The molecule has 16 heavy (non-hydrogen) atoms. The van der Waals surface area contributed by atoms with E-state index in [1.807, 2.05) is 4.90 Å². The summed E-state index contributed by atoms with van der Waals surface area (Å²) in [6.45, 7) is 4.99. The fraction of sp³-hybridized carbons (Fsp3) is 0.462. The van der Waals surface area contributed by atoms with Crippen molar-refractivity contribution in [2.75, 3.05) is 11.4 Å². The molecule has 1 aromatic rings. The molecule has 1 amide bonds. The van der Waals surface area contributed by atoms with E-state index < -0.39 is 0 Å². The van der Waals surface area contributed by atoms with Crippen molar-refractivity contribution in [2.45, 2.75) is 31.5 Å². The third-order valence-corrected chi connectivity index (χ3v) is 3.66. The van der Waals surface area contributed by atoms with Crippen molar-refractivity contribution in [3.8, 4) is 0 Å². The fourth-order valence-corrected chi connectivity index (χ4v) is 2.84. The Bertz CT molecular complexity index is 416. The molecule has 1 aromatic carbocycles. The first kappa shape index (κ1) is 11.6. The van der Waals surface area contributed by atoms with Gasteiger partial charge in [-0.2, -0.15) is 0 Å². The van der Waals surface area contributed by atoms with Crippen LogP contribution in [0.25, 0.3) is 0 Å². The summed E-state index contributed by atoms with van der Waals surface area (Å²) in [7, 11) is 0. The second kappa shape index (κ2) is 4.58. The fourth-order valence-electron chi connectivity index (χ4n) is 2.27. The maximum absolute atomic E-state index is 11.9. The van der Waals surface area contributed by atoms with Crippen LogP contribution in [0.4, 0.5) is 5.69 Å². The van der Waals surface area contributed by atoms with Crippen LogP contribution in [0.2, 0.25) is 0 Å². The lowest BCUT2D eigenvalue weighted by atomic mass is 10.0. The number of benzene rings is 1. The first-order valence-corrected chi connectivity index (χ1v) is 6.58. The van der Waals surface area contributed by atoms with Crippen molar-refractivity contribution >= 4 is 27.5 Å². The molecular formula is C13H16BrNO. The number of hydrogen-bond donors (Lipinski definition) is 0. The number of rotatable bonds is 2. The number of carbonyl (C=O) groups excluding carboxylic acids is 1. The third kappa shape index (κ3) is 2.01. The van der Waals surface area contributed by atoms with E-state index in [9.17, 15) is 4.79 Å². The van der Waals surface area contributed by atoms with Gasteiger partial charge in [0.2, 0.25) is 5.91 Å². The minimum absolute atomic E-state index is 0.228. The molecule has 0 aromatic heterocycles. The summed E-state index contributed by atoms with van der Waals surface area (Å²) in [4.78, 5) is 14.1. The molecular weight excluding hydrogens is 266 g/mol. The Kier molecular flexibility index (Phi) is 3.33. The highest BCUT2D eigenvalue weighted by Crippen LogP contribution is 2.31. The molecule has 1 fully saturated rings. The highest BCUT2D eigenvalue weighted by Gasteiger charge is 2.30. The first-order valence-electron chi connectivity index (χ1n) is 5.66. The Morgan fingerprint density at radius 3 is 2.81 bits per heavy atom. The van der Waals surface area contributed by atoms with Crippen LogP contribution in [-0.2, 0) is 11.2 Å². The number of para-hydroxylation sites is 1. The van der Waals surface area contributed by atoms with Crippen LogP contribution in [0.3, 0.4) is 0 Å². The summed E-state index contributed by atoms with van der Waals surface area (Å²) in [6, 6.07) is 6.24. The van der Waals surface area contributed by atoms with Gasteiger partial charge in [-0.15, -0.1) is 0 Å². The summed E-state index contributed by atoms with van der Waals surface area (Å²) in [5.74, 6) is 0.228. The molecule has 0 spiro atoms. The molecule has 2 rings (SSSR count). The summed E-state index contributed by atoms with van der Waals surface area (Å²) < 4.78 is 0. The molecule has 3 heteroatoms. The number of anilines is 1. The summed E-state index contributed by atoms with van der Waals surface area (Å²) in [6.07, 6.45) is 1.57. The van der Waals surface area contributed by atoms with Crippen molar-refractivity contribution in [1.29, 1.82) is 0 Å². The Morgan fingerprint density at radius 1 is 1.50 bits per heavy atom. The summed E-state index contributed by atoms with van der Waals surface area (Å²) in [5.41, 5.74) is 3.57. The van der Waals surface area contributed by atoms with Crippen molar-refractivity contribution in [2.24, 2.45) is 0 Å². The van der Waals surface area contributed by atoms with E-state index in [1.165, 1.54) is 11.1 Å². The lowest BCUT2D eigenvalue weighted by Crippen LogP contribution is -2.26. The Labute approximate surface area is 105 Å². The minimum atomic E-state index is 0.228. The third-order valence-electron chi connectivity index (χ3n) is 3.05. The zero-order valence-corrected chi connectivity index (χ0v) is 11.3. The topological polar surface area (TPSA) is 20.3 Å². The predicted molar refractivity (Wildman–Crippen MR) is 70.2 cm³/mol. The SMILES string of the molecule is CCc1cccc(C)c1N1CC(Br)CC1=O. The number of hydrogen-bond acceptors (Lipinski definition) is 1. The van der Waals surface area contributed by atoms with Crippen LogP contribution in [0.5, 0.6) is 0 Å². The van der Waals surface area contributed by atoms with Gasteiger partial charge in [0.1, 0.15) is 0 Å². The number of amides is 1. The van der Waals surface area contributed by atoms with E-state index in [4.69, 9.17) is 0 Å². The number of nitrogens with zero attached hydrogens (tertiary/aromatic N) is 1. The van der Waals surface area contributed by atoms with Gasteiger partial charge < -0.3 is 4.90 Å². The van der Waals surface area contributed by atoms with Gasteiger partial charge in [0.05, 0.1) is 0 Å². The molecule has 0 radical (unpaired) electrons. The molecule has 1 heterocycles. The van der Waals surface area contributed by atoms with Crippen LogP contribution < -0.4 is 4.90 Å². The van der Waals surface area contributed by atoms with Gasteiger partial charge in [-0.3, -0.25) is 4.79 Å². The highest BCUT2D eigenvalue weighted by atomic mass is 79.9. The van der Waals surface area contributed by atoms with Crippen molar-refractivity contribution < 1.29 is 4.79 Å². The summed E-state index contributed by atoms with van der Waals surface area (Å²) in [5, 5.41) is 0. The van der Waals surface area contributed by atoms with E-state index in [2.05, 4.69) is 48.0 Å². The maximum atomic E-state index is 11.9. The first-order chi connectivity index (χ1) is 7.63. The predicted octanol–water partition coefficient (Wildman–Crippen LogP) is 3.06. The number of aryl methyl sites for hydroxylation is 2. The van der Waals surface area contributed by atoms with E-state index in [1.54, 1.807) is 0 Å². The van der Waals surface area contributed by atoms with Crippen LogP contribution >= 0.6 is 15.9 Å². The quantitative estimate of drug-likeness (QED) is 0.763. The van der Waals surface area contributed by atoms with Gasteiger partial charge in [-0.05, 0) is 24.5 Å². The lowest BCUT2D eigenvalue weighted by molar-refractivity contribution is -0.117. The zero-order valence-electron chi connectivity index (χ0n) is 9.66. The standard InChI is InChI=1S/C13H16BrNO/c1-3-10-6-4-5-9(2)13(10)15-8-11(14)7-12(15)16/h4-6,11H,3,7-8H2,1-2H3. The van der Waals surface area contributed by atoms with Crippen LogP contribution in [-0.4, -0.2) is 17.3 Å². The lowest BCUT2D eigenvalue weighted by Gasteiger charge is -2.21. The number of carbonyl (C=O) groups is 1. The second-order valence-corrected chi connectivity index (χ2v) is 5.54. The average Bonchev–Trinajstić information content (AvgIpc) is 2.57. The molecule has 86 valence electrons. The molecule has 1 unspecified atom stereocenters. The Morgan fingerprint density at radius 2 is 2.25 bits per heavy atom.